The average molecular weight is 284 g/mol. The smallest absolute Gasteiger partial charge is 0.312 e. The van der Waals surface area contributed by atoms with E-state index >= 15 is 0 Å². The van der Waals surface area contributed by atoms with E-state index in [2.05, 4.69) is 22.9 Å². The molecule has 0 aromatic carbocycles. The lowest BCUT2D eigenvalue weighted by molar-refractivity contribution is -0.123. The monoisotopic (exact) mass is 284 g/mol. The standard InChI is InChI=1S/C14H28N4O2/c1-2-3-6-12(18-14(15)20)13(19)17-9-7-11-5-4-8-16-10-11/h11-12,16H,2-10H2,1H3,(H,17,19)(H3,15,18,20). The van der Waals surface area contributed by atoms with Gasteiger partial charge in [-0.1, -0.05) is 19.8 Å². The number of nitrogens with one attached hydrogen (secondary N) is 3. The van der Waals surface area contributed by atoms with Crippen LogP contribution in [0.25, 0.3) is 0 Å². The van der Waals surface area contributed by atoms with Gasteiger partial charge in [0.05, 0.1) is 0 Å². The lowest BCUT2D eigenvalue weighted by Gasteiger charge is -2.23. The van der Waals surface area contributed by atoms with E-state index in [9.17, 15) is 9.59 Å². The van der Waals surface area contributed by atoms with Crippen LogP contribution in [0.15, 0.2) is 0 Å². The number of urea groups is 1. The minimum atomic E-state index is -0.641. The van der Waals surface area contributed by atoms with Gasteiger partial charge in [-0.05, 0) is 44.7 Å². The Morgan fingerprint density at radius 3 is 2.85 bits per heavy atom. The SMILES string of the molecule is CCCCC(NC(N)=O)C(=O)NCCC1CCCNC1. The molecule has 1 heterocycles. The molecule has 0 aromatic rings. The molecule has 1 saturated heterocycles. The molecule has 116 valence electrons. The highest BCUT2D eigenvalue weighted by Crippen LogP contribution is 2.12. The summed E-state index contributed by atoms with van der Waals surface area (Å²) in [6, 6.07) is -1.14. The van der Waals surface area contributed by atoms with Crippen LogP contribution in [-0.4, -0.2) is 37.6 Å². The molecule has 6 heteroatoms. The first-order valence-electron chi connectivity index (χ1n) is 7.68. The average Bonchev–Trinajstić information content (AvgIpc) is 2.44. The van der Waals surface area contributed by atoms with E-state index in [0.29, 0.717) is 18.9 Å². The van der Waals surface area contributed by atoms with E-state index in [1.54, 1.807) is 0 Å². The molecular formula is C14H28N4O2. The molecule has 1 aliphatic rings. The molecule has 0 bridgehead atoms. The Morgan fingerprint density at radius 2 is 2.25 bits per heavy atom. The zero-order valence-electron chi connectivity index (χ0n) is 12.4. The maximum atomic E-state index is 12.0. The van der Waals surface area contributed by atoms with Gasteiger partial charge in [-0.25, -0.2) is 4.79 Å². The van der Waals surface area contributed by atoms with Gasteiger partial charge < -0.3 is 21.7 Å². The minimum Gasteiger partial charge on any atom is -0.354 e. The van der Waals surface area contributed by atoms with Crippen molar-refractivity contribution in [1.29, 1.82) is 0 Å². The molecule has 5 N–H and O–H groups in total. The molecule has 2 atom stereocenters. The number of carbonyl (C=O) groups is 2. The fourth-order valence-electron chi connectivity index (χ4n) is 2.54. The third kappa shape index (κ3) is 6.75. The molecule has 2 unspecified atom stereocenters. The van der Waals surface area contributed by atoms with E-state index in [-0.39, 0.29) is 5.91 Å². The topological polar surface area (TPSA) is 96.2 Å². The highest BCUT2D eigenvalue weighted by atomic mass is 16.2. The van der Waals surface area contributed by atoms with Crippen molar-refractivity contribution in [3.63, 3.8) is 0 Å². The molecule has 1 rings (SSSR count). The lowest BCUT2D eigenvalue weighted by atomic mass is 9.96. The molecule has 0 spiro atoms. The predicted octanol–water partition coefficient (Wildman–Crippen LogP) is 0.719. The highest BCUT2D eigenvalue weighted by molar-refractivity contribution is 5.86. The van der Waals surface area contributed by atoms with Gasteiger partial charge >= 0.3 is 6.03 Å². The van der Waals surface area contributed by atoms with Crippen LogP contribution in [0.2, 0.25) is 0 Å². The zero-order valence-corrected chi connectivity index (χ0v) is 12.4. The van der Waals surface area contributed by atoms with Crippen molar-refractivity contribution in [3.05, 3.63) is 0 Å². The number of unbranched alkanes of at least 4 members (excludes halogenated alkanes) is 1. The van der Waals surface area contributed by atoms with E-state index in [0.717, 1.165) is 32.4 Å². The van der Waals surface area contributed by atoms with Crippen LogP contribution >= 0.6 is 0 Å². The summed E-state index contributed by atoms with van der Waals surface area (Å²) in [6.07, 6.45) is 5.93. The lowest BCUT2D eigenvalue weighted by Crippen LogP contribution is -2.49. The van der Waals surface area contributed by atoms with Crippen LogP contribution in [0, 0.1) is 5.92 Å². The Balaban J connectivity index is 2.26. The second kappa shape index (κ2) is 9.58. The van der Waals surface area contributed by atoms with Gasteiger partial charge in [-0.2, -0.15) is 0 Å². The second-order valence-corrected chi connectivity index (χ2v) is 5.50. The molecule has 0 aromatic heterocycles. The molecule has 0 aliphatic carbocycles. The van der Waals surface area contributed by atoms with Crippen LogP contribution in [-0.2, 0) is 4.79 Å². The highest BCUT2D eigenvalue weighted by Gasteiger charge is 2.19. The van der Waals surface area contributed by atoms with E-state index < -0.39 is 12.1 Å². The molecule has 1 fully saturated rings. The number of rotatable bonds is 8. The molecule has 0 radical (unpaired) electrons. The van der Waals surface area contributed by atoms with Crippen LogP contribution in [0.3, 0.4) is 0 Å². The second-order valence-electron chi connectivity index (χ2n) is 5.50. The summed E-state index contributed by atoms with van der Waals surface area (Å²) in [6.45, 7) is 4.85. The number of carbonyl (C=O) groups excluding carboxylic acids is 2. The predicted molar refractivity (Wildman–Crippen MR) is 79.3 cm³/mol. The Hall–Kier alpha value is -1.30. The summed E-state index contributed by atoms with van der Waals surface area (Å²) in [5.41, 5.74) is 5.11. The van der Waals surface area contributed by atoms with Gasteiger partial charge in [-0.15, -0.1) is 0 Å². The van der Waals surface area contributed by atoms with Crippen molar-refractivity contribution in [2.24, 2.45) is 11.7 Å². The van der Waals surface area contributed by atoms with Crippen molar-refractivity contribution in [2.45, 2.75) is 51.5 Å². The summed E-state index contributed by atoms with van der Waals surface area (Å²) in [7, 11) is 0. The first-order valence-corrected chi connectivity index (χ1v) is 7.68. The Labute approximate surface area is 121 Å². The summed E-state index contributed by atoms with van der Waals surface area (Å²) < 4.78 is 0. The Kier molecular flexibility index (Phi) is 8.02. The summed E-state index contributed by atoms with van der Waals surface area (Å²) >= 11 is 0. The fourth-order valence-corrected chi connectivity index (χ4v) is 2.54. The number of piperidine rings is 1. The molecular weight excluding hydrogens is 256 g/mol. The molecule has 6 nitrogen and oxygen atoms in total. The van der Waals surface area contributed by atoms with Crippen molar-refractivity contribution in [1.82, 2.24) is 16.0 Å². The number of nitrogens with two attached hydrogens (primary N) is 1. The molecule has 0 saturated carbocycles. The summed E-state index contributed by atoms with van der Waals surface area (Å²) in [4.78, 5) is 23.0. The first-order chi connectivity index (χ1) is 9.63. The van der Waals surface area contributed by atoms with Crippen molar-refractivity contribution in [3.8, 4) is 0 Å². The van der Waals surface area contributed by atoms with Crippen LogP contribution < -0.4 is 21.7 Å². The minimum absolute atomic E-state index is 0.124. The Bertz CT molecular complexity index is 304. The fraction of sp³-hybridized carbons (Fsp3) is 0.857. The Morgan fingerprint density at radius 1 is 1.45 bits per heavy atom. The van der Waals surface area contributed by atoms with Crippen LogP contribution in [0.1, 0.15) is 45.4 Å². The molecule has 20 heavy (non-hydrogen) atoms. The van der Waals surface area contributed by atoms with Crippen LogP contribution in [0.5, 0.6) is 0 Å². The number of hydrogen-bond donors (Lipinski definition) is 4. The molecule has 3 amide bonds. The number of amides is 3. The van der Waals surface area contributed by atoms with Crippen LogP contribution in [0.4, 0.5) is 4.79 Å². The summed E-state index contributed by atoms with van der Waals surface area (Å²) in [5.74, 6) is 0.517. The van der Waals surface area contributed by atoms with Gasteiger partial charge in [-0.3, -0.25) is 4.79 Å². The van der Waals surface area contributed by atoms with Gasteiger partial charge in [0.1, 0.15) is 6.04 Å². The summed E-state index contributed by atoms with van der Waals surface area (Å²) in [5, 5.41) is 8.79. The van der Waals surface area contributed by atoms with Crippen molar-refractivity contribution in [2.75, 3.05) is 19.6 Å². The largest absolute Gasteiger partial charge is 0.354 e. The zero-order chi connectivity index (χ0) is 14.8. The maximum Gasteiger partial charge on any atom is 0.312 e. The third-order valence-electron chi connectivity index (χ3n) is 3.73. The maximum absolute atomic E-state index is 12.0. The van der Waals surface area contributed by atoms with E-state index in [1.165, 1.54) is 12.8 Å². The van der Waals surface area contributed by atoms with E-state index in [4.69, 9.17) is 5.73 Å². The van der Waals surface area contributed by atoms with Gasteiger partial charge in [0.2, 0.25) is 5.91 Å². The van der Waals surface area contributed by atoms with Crippen molar-refractivity contribution >= 4 is 11.9 Å². The first kappa shape index (κ1) is 16.8. The third-order valence-corrected chi connectivity index (χ3v) is 3.73. The van der Waals surface area contributed by atoms with Gasteiger partial charge in [0, 0.05) is 6.54 Å². The van der Waals surface area contributed by atoms with Gasteiger partial charge in [0.15, 0.2) is 0 Å². The quantitative estimate of drug-likeness (QED) is 0.529. The normalized spacial score (nSPS) is 20.1. The van der Waals surface area contributed by atoms with Crippen molar-refractivity contribution < 1.29 is 9.59 Å². The molecule has 1 aliphatic heterocycles. The number of hydrogen-bond acceptors (Lipinski definition) is 3. The van der Waals surface area contributed by atoms with E-state index in [1.807, 2.05) is 0 Å². The number of primary amides is 1. The van der Waals surface area contributed by atoms with Gasteiger partial charge in [0.25, 0.3) is 0 Å².